The summed E-state index contributed by atoms with van der Waals surface area (Å²) in [6.45, 7) is 5.82. The van der Waals surface area contributed by atoms with Crippen LogP contribution < -0.4 is 5.32 Å². The normalized spacial score (nSPS) is 11.9. The molecular weight excluding hydrogens is 212 g/mol. The number of rotatable bonds is 4. The summed E-state index contributed by atoms with van der Waals surface area (Å²) >= 11 is 0. The molecule has 0 aliphatic carbocycles. The Morgan fingerprint density at radius 2 is 2.06 bits per heavy atom. The van der Waals surface area contributed by atoms with Gasteiger partial charge in [0.25, 0.3) is 0 Å². The lowest BCUT2D eigenvalue weighted by molar-refractivity contribution is -0.121. The van der Waals surface area contributed by atoms with Crippen molar-refractivity contribution in [2.24, 2.45) is 5.92 Å². The van der Waals surface area contributed by atoms with E-state index in [4.69, 9.17) is 5.26 Å². The van der Waals surface area contributed by atoms with Crippen molar-refractivity contribution >= 4 is 5.91 Å². The first-order chi connectivity index (χ1) is 8.04. The average molecular weight is 230 g/mol. The Hall–Kier alpha value is -1.82. The maximum Gasteiger partial charge on any atom is 0.225 e. The molecule has 0 aliphatic heterocycles. The number of benzene rings is 1. The molecule has 0 aromatic heterocycles. The zero-order chi connectivity index (χ0) is 12.8. The average Bonchev–Trinajstić information content (AvgIpc) is 2.28. The third-order valence-corrected chi connectivity index (χ3v) is 2.73. The minimum Gasteiger partial charge on any atom is -0.340 e. The fourth-order valence-corrected chi connectivity index (χ4v) is 1.55. The maximum absolute atomic E-state index is 11.8. The molecule has 90 valence electrons. The minimum absolute atomic E-state index is 0.0976. The molecule has 1 aromatic rings. The molecule has 1 N–H and O–H groups in total. The third-order valence-electron chi connectivity index (χ3n) is 2.73. The highest BCUT2D eigenvalue weighted by molar-refractivity contribution is 5.79. The van der Waals surface area contributed by atoms with Crippen LogP contribution in [0.25, 0.3) is 0 Å². The number of hydrogen-bond donors (Lipinski definition) is 1. The molecule has 0 heterocycles. The molecule has 17 heavy (non-hydrogen) atoms. The number of nitriles is 1. The first kappa shape index (κ1) is 13.2. The van der Waals surface area contributed by atoms with E-state index in [1.54, 1.807) is 0 Å². The number of amides is 1. The molecule has 1 aromatic carbocycles. The summed E-state index contributed by atoms with van der Waals surface area (Å²) in [4.78, 5) is 11.8. The zero-order valence-electron chi connectivity index (χ0n) is 10.5. The summed E-state index contributed by atoms with van der Waals surface area (Å²) in [6.07, 6.45) is 0.331. The van der Waals surface area contributed by atoms with Crippen molar-refractivity contribution in [1.82, 2.24) is 5.32 Å². The second-order valence-corrected chi connectivity index (χ2v) is 4.52. The number of hydrogen-bond acceptors (Lipinski definition) is 2. The smallest absolute Gasteiger partial charge is 0.225 e. The maximum atomic E-state index is 11.8. The Bertz CT molecular complexity index is 432. The zero-order valence-corrected chi connectivity index (χ0v) is 10.5. The summed E-state index contributed by atoms with van der Waals surface area (Å²) in [5.41, 5.74) is 2.10. The van der Waals surface area contributed by atoms with Gasteiger partial charge in [0.1, 0.15) is 6.04 Å². The van der Waals surface area contributed by atoms with Crippen LogP contribution in [0.4, 0.5) is 0 Å². The van der Waals surface area contributed by atoms with Crippen molar-refractivity contribution in [3.8, 4) is 6.07 Å². The monoisotopic (exact) mass is 230 g/mol. The van der Waals surface area contributed by atoms with E-state index in [0.29, 0.717) is 6.42 Å². The molecule has 0 spiro atoms. The van der Waals surface area contributed by atoms with Crippen LogP contribution in [0.1, 0.15) is 25.0 Å². The third kappa shape index (κ3) is 3.92. The van der Waals surface area contributed by atoms with E-state index in [1.165, 1.54) is 0 Å². The fourth-order valence-electron chi connectivity index (χ4n) is 1.55. The molecule has 0 aliphatic rings. The number of nitrogens with one attached hydrogen (secondary N) is 1. The number of carbonyl (C=O) groups is 1. The number of nitrogens with zero attached hydrogens (tertiary/aromatic N) is 1. The van der Waals surface area contributed by atoms with Crippen molar-refractivity contribution in [1.29, 1.82) is 5.26 Å². The molecule has 0 saturated heterocycles. The largest absolute Gasteiger partial charge is 0.340 e. The summed E-state index contributed by atoms with van der Waals surface area (Å²) in [5.74, 6) is 0.0281. The van der Waals surface area contributed by atoms with Gasteiger partial charge in [-0.05, 0) is 24.0 Å². The number of carbonyl (C=O) groups excluding carboxylic acids is 1. The van der Waals surface area contributed by atoms with Gasteiger partial charge in [0.2, 0.25) is 5.91 Å². The van der Waals surface area contributed by atoms with E-state index in [0.717, 1.165) is 11.1 Å². The van der Waals surface area contributed by atoms with Crippen LogP contribution in [0.3, 0.4) is 0 Å². The van der Waals surface area contributed by atoms with Gasteiger partial charge in [-0.15, -0.1) is 0 Å². The molecule has 1 rings (SSSR count). The minimum atomic E-state index is -0.411. The summed E-state index contributed by atoms with van der Waals surface area (Å²) in [6, 6.07) is 9.47. The van der Waals surface area contributed by atoms with Gasteiger partial charge in [-0.1, -0.05) is 38.1 Å². The van der Waals surface area contributed by atoms with Gasteiger partial charge in [-0.3, -0.25) is 4.79 Å². The second kappa shape index (κ2) is 6.05. The van der Waals surface area contributed by atoms with Gasteiger partial charge >= 0.3 is 0 Å². The Morgan fingerprint density at radius 1 is 1.41 bits per heavy atom. The van der Waals surface area contributed by atoms with E-state index in [2.05, 4.69) is 11.4 Å². The topological polar surface area (TPSA) is 52.9 Å². The predicted octanol–water partition coefficient (Wildman–Crippen LogP) is 2.20. The molecule has 0 fully saturated rings. The fraction of sp³-hybridized carbons (Fsp3) is 0.429. The SMILES string of the molecule is Cc1ccccc1CC(=O)NC(C#N)C(C)C. The predicted molar refractivity (Wildman–Crippen MR) is 67.3 cm³/mol. The lowest BCUT2D eigenvalue weighted by Crippen LogP contribution is -2.38. The lowest BCUT2D eigenvalue weighted by atomic mass is 10.0. The van der Waals surface area contributed by atoms with Crippen molar-refractivity contribution < 1.29 is 4.79 Å². The molecular formula is C14H18N2O. The molecule has 1 unspecified atom stereocenters. The number of aryl methyl sites for hydroxylation is 1. The van der Waals surface area contributed by atoms with Gasteiger partial charge in [0, 0.05) is 0 Å². The van der Waals surface area contributed by atoms with Gasteiger partial charge in [0.05, 0.1) is 12.5 Å². The van der Waals surface area contributed by atoms with Crippen molar-refractivity contribution in [3.63, 3.8) is 0 Å². The molecule has 3 heteroatoms. The van der Waals surface area contributed by atoms with E-state index >= 15 is 0 Å². The highest BCUT2D eigenvalue weighted by atomic mass is 16.1. The molecule has 0 radical (unpaired) electrons. The quantitative estimate of drug-likeness (QED) is 0.862. The van der Waals surface area contributed by atoms with Crippen molar-refractivity contribution in [2.45, 2.75) is 33.2 Å². The Labute approximate surface area is 102 Å². The van der Waals surface area contributed by atoms with Crippen LogP contribution in [0.5, 0.6) is 0 Å². The Kier molecular flexibility index (Phi) is 4.71. The van der Waals surface area contributed by atoms with Crippen molar-refractivity contribution in [3.05, 3.63) is 35.4 Å². The van der Waals surface area contributed by atoms with Gasteiger partial charge in [0.15, 0.2) is 0 Å². The van der Waals surface area contributed by atoms with E-state index in [1.807, 2.05) is 45.0 Å². The summed E-state index contributed by atoms with van der Waals surface area (Å²) in [5, 5.41) is 11.6. The molecule has 3 nitrogen and oxygen atoms in total. The Balaban J connectivity index is 2.62. The summed E-state index contributed by atoms with van der Waals surface area (Å²) < 4.78 is 0. The molecule has 1 atom stereocenters. The molecule has 1 amide bonds. The Morgan fingerprint density at radius 3 is 2.59 bits per heavy atom. The van der Waals surface area contributed by atoms with Crippen LogP contribution in [0.15, 0.2) is 24.3 Å². The van der Waals surface area contributed by atoms with Gasteiger partial charge in [-0.2, -0.15) is 5.26 Å². The van der Waals surface area contributed by atoms with Crippen LogP contribution in [0.2, 0.25) is 0 Å². The molecule has 0 saturated carbocycles. The first-order valence-electron chi connectivity index (χ1n) is 5.78. The first-order valence-corrected chi connectivity index (χ1v) is 5.78. The van der Waals surface area contributed by atoms with E-state index in [-0.39, 0.29) is 11.8 Å². The van der Waals surface area contributed by atoms with Gasteiger partial charge < -0.3 is 5.32 Å². The lowest BCUT2D eigenvalue weighted by Gasteiger charge is -2.15. The van der Waals surface area contributed by atoms with Crippen LogP contribution in [-0.4, -0.2) is 11.9 Å². The standard InChI is InChI=1S/C14H18N2O/c1-10(2)13(9-15)16-14(17)8-12-7-5-4-6-11(12)3/h4-7,10,13H,8H2,1-3H3,(H,16,17). The van der Waals surface area contributed by atoms with Crippen LogP contribution in [-0.2, 0) is 11.2 Å². The summed E-state index contributed by atoms with van der Waals surface area (Å²) in [7, 11) is 0. The van der Waals surface area contributed by atoms with Crippen LogP contribution in [0, 0.1) is 24.2 Å². The van der Waals surface area contributed by atoms with E-state index < -0.39 is 6.04 Å². The van der Waals surface area contributed by atoms with E-state index in [9.17, 15) is 4.79 Å². The molecule has 0 bridgehead atoms. The highest BCUT2D eigenvalue weighted by Crippen LogP contribution is 2.08. The van der Waals surface area contributed by atoms with Gasteiger partial charge in [-0.25, -0.2) is 0 Å². The van der Waals surface area contributed by atoms with Crippen molar-refractivity contribution in [2.75, 3.05) is 0 Å². The van der Waals surface area contributed by atoms with Crippen LogP contribution >= 0.6 is 0 Å². The second-order valence-electron chi connectivity index (χ2n) is 4.52. The highest BCUT2D eigenvalue weighted by Gasteiger charge is 2.15.